The van der Waals surface area contributed by atoms with Gasteiger partial charge in [0, 0.05) is 25.0 Å². The predicted octanol–water partition coefficient (Wildman–Crippen LogP) is 4.85. The maximum atomic E-state index is 11.3. The van der Waals surface area contributed by atoms with E-state index in [4.69, 9.17) is 18.9 Å². The summed E-state index contributed by atoms with van der Waals surface area (Å²) < 4.78 is 22.8. The van der Waals surface area contributed by atoms with Crippen molar-refractivity contribution in [3.8, 4) is 23.0 Å². The van der Waals surface area contributed by atoms with Gasteiger partial charge in [-0.2, -0.15) is 0 Å². The highest BCUT2D eigenvalue weighted by Crippen LogP contribution is 2.40. The Morgan fingerprint density at radius 1 is 0.524 bits per heavy atom. The smallest absolute Gasteiger partial charge is 0.161 e. The van der Waals surface area contributed by atoms with Gasteiger partial charge in [-0.25, -0.2) is 0 Å². The fourth-order valence-electron chi connectivity index (χ4n) is 4.88. The topological polar surface area (TPSA) is 118 Å². The van der Waals surface area contributed by atoms with Crippen LogP contribution in [0.2, 0.25) is 0 Å². The van der Waals surface area contributed by atoms with Crippen LogP contribution in [0.25, 0.3) is 0 Å². The molecule has 42 heavy (non-hydrogen) atoms. The minimum absolute atomic E-state index is 0.344. The van der Waals surface area contributed by atoms with Crippen LogP contribution in [-0.2, 0) is 13.2 Å². The highest BCUT2D eigenvalue weighted by molar-refractivity contribution is 5.45. The molecule has 0 aromatic heterocycles. The third-order valence-electron chi connectivity index (χ3n) is 7.32. The second-order valence-electron chi connectivity index (χ2n) is 9.95. The van der Waals surface area contributed by atoms with Gasteiger partial charge in [-0.3, -0.25) is 0 Å². The van der Waals surface area contributed by atoms with Crippen molar-refractivity contribution < 1.29 is 39.4 Å². The normalized spacial score (nSPS) is 14.0. The summed E-state index contributed by atoms with van der Waals surface area (Å²) in [5.41, 5.74) is 2.89. The quantitative estimate of drug-likeness (QED) is 0.159. The fourth-order valence-corrected chi connectivity index (χ4v) is 4.88. The Labute approximate surface area is 246 Å². The highest BCUT2D eigenvalue weighted by atomic mass is 16.5. The molecular weight excluding hydrogens is 536 g/mol. The van der Waals surface area contributed by atoms with Gasteiger partial charge in [-0.05, 0) is 46.5 Å². The molecule has 4 atom stereocenters. The lowest BCUT2D eigenvalue weighted by molar-refractivity contribution is -0.0425. The lowest BCUT2D eigenvalue weighted by Gasteiger charge is -2.32. The lowest BCUT2D eigenvalue weighted by atomic mass is 9.80. The van der Waals surface area contributed by atoms with Crippen molar-refractivity contribution in [1.82, 2.24) is 0 Å². The van der Waals surface area contributed by atoms with Gasteiger partial charge in [0.15, 0.2) is 23.0 Å². The number of benzene rings is 4. The number of rotatable bonds is 15. The molecule has 4 N–H and O–H groups in total. The summed E-state index contributed by atoms with van der Waals surface area (Å²) in [6.07, 6.45) is -2.43. The molecule has 0 saturated carbocycles. The summed E-state index contributed by atoms with van der Waals surface area (Å²) in [6.45, 7) is -0.270. The molecule has 8 heteroatoms. The molecule has 8 nitrogen and oxygen atoms in total. The molecule has 0 aliphatic rings. The predicted molar refractivity (Wildman–Crippen MR) is 159 cm³/mol. The average Bonchev–Trinajstić information content (AvgIpc) is 3.05. The Balaban J connectivity index is 1.49. The minimum Gasteiger partial charge on any atom is -0.493 e. The third kappa shape index (κ3) is 7.60. The first-order valence-electron chi connectivity index (χ1n) is 13.8. The van der Waals surface area contributed by atoms with Gasteiger partial charge in [0.05, 0.1) is 26.4 Å². The summed E-state index contributed by atoms with van der Waals surface area (Å²) in [7, 11) is 3.01. The van der Waals surface area contributed by atoms with E-state index in [9.17, 15) is 20.4 Å². The molecule has 0 radical (unpaired) electrons. The largest absolute Gasteiger partial charge is 0.493 e. The van der Waals surface area contributed by atoms with Crippen LogP contribution >= 0.6 is 0 Å². The maximum Gasteiger partial charge on any atom is 0.161 e. The van der Waals surface area contributed by atoms with Crippen LogP contribution in [-0.4, -0.2) is 47.9 Å². The first-order chi connectivity index (χ1) is 20.5. The van der Waals surface area contributed by atoms with Crippen LogP contribution < -0.4 is 18.9 Å². The summed E-state index contributed by atoms with van der Waals surface area (Å²) >= 11 is 0. The monoisotopic (exact) mass is 574 g/mol. The van der Waals surface area contributed by atoms with Crippen molar-refractivity contribution in [2.24, 2.45) is 11.8 Å². The first kappa shape index (κ1) is 30.9. The molecule has 0 fully saturated rings. The van der Waals surface area contributed by atoms with Gasteiger partial charge in [-0.1, -0.05) is 72.8 Å². The van der Waals surface area contributed by atoms with E-state index in [1.54, 1.807) is 36.4 Å². The van der Waals surface area contributed by atoms with Gasteiger partial charge >= 0.3 is 0 Å². The van der Waals surface area contributed by atoms with Crippen molar-refractivity contribution in [3.63, 3.8) is 0 Å². The number of aliphatic hydroxyl groups excluding tert-OH is 4. The Morgan fingerprint density at radius 3 is 1.24 bits per heavy atom. The van der Waals surface area contributed by atoms with Gasteiger partial charge in [0.2, 0.25) is 0 Å². The molecule has 4 aromatic carbocycles. The molecule has 0 heterocycles. The number of hydrogen-bond donors (Lipinski definition) is 4. The van der Waals surface area contributed by atoms with Crippen LogP contribution in [0.15, 0.2) is 97.1 Å². The van der Waals surface area contributed by atoms with E-state index >= 15 is 0 Å². The molecule has 4 aromatic rings. The van der Waals surface area contributed by atoms with E-state index in [1.165, 1.54) is 14.2 Å². The minimum atomic E-state index is -1.21. The van der Waals surface area contributed by atoms with E-state index < -0.39 is 37.3 Å². The van der Waals surface area contributed by atoms with Crippen molar-refractivity contribution in [2.75, 3.05) is 27.4 Å². The zero-order valence-corrected chi connectivity index (χ0v) is 23.8. The number of ether oxygens (including phenoxy) is 4. The van der Waals surface area contributed by atoms with Gasteiger partial charge < -0.3 is 39.4 Å². The fraction of sp³-hybridized carbons (Fsp3) is 0.294. The third-order valence-corrected chi connectivity index (χ3v) is 7.32. The van der Waals surface area contributed by atoms with E-state index in [1.807, 2.05) is 60.7 Å². The van der Waals surface area contributed by atoms with E-state index in [2.05, 4.69) is 0 Å². The summed E-state index contributed by atoms with van der Waals surface area (Å²) in [6, 6.07) is 29.4. The molecule has 0 aliphatic carbocycles. The van der Waals surface area contributed by atoms with Crippen LogP contribution in [0.1, 0.15) is 34.5 Å². The van der Waals surface area contributed by atoms with Crippen molar-refractivity contribution >= 4 is 0 Å². The standard InChI is InChI=1S/C34H38O8/c1-39-31-17-25(13-15-29(31)41-21-23-9-5-3-6-10-23)33(37)27(19-35)28(20-36)34(38)26-14-16-30(32(18-26)40-2)42-22-24-11-7-4-8-12-24/h3-18,27-28,33-38H,19-22H2,1-2H3/t27-,28+,33+,34-. The van der Waals surface area contributed by atoms with Gasteiger partial charge in [-0.15, -0.1) is 0 Å². The Morgan fingerprint density at radius 2 is 0.905 bits per heavy atom. The lowest BCUT2D eigenvalue weighted by Crippen LogP contribution is -2.32. The Bertz CT molecular complexity index is 1270. The van der Waals surface area contributed by atoms with Crippen LogP contribution in [0.4, 0.5) is 0 Å². The molecular formula is C34H38O8. The molecule has 0 aliphatic heterocycles. The van der Waals surface area contributed by atoms with E-state index in [0.29, 0.717) is 47.3 Å². The van der Waals surface area contributed by atoms with Crippen molar-refractivity contribution in [2.45, 2.75) is 25.4 Å². The van der Waals surface area contributed by atoms with Crippen LogP contribution in [0.3, 0.4) is 0 Å². The Hall–Kier alpha value is -4.08. The van der Waals surface area contributed by atoms with Crippen molar-refractivity contribution in [1.29, 1.82) is 0 Å². The summed E-state index contributed by atoms with van der Waals surface area (Å²) in [5, 5.41) is 43.2. The maximum absolute atomic E-state index is 11.3. The molecule has 4 rings (SSSR count). The highest BCUT2D eigenvalue weighted by Gasteiger charge is 2.35. The SMILES string of the molecule is COc1cc([C@@H](O)[C@@H](CO)[C@@H](CO)[C@@H](O)c2ccc(OCc3ccccc3)c(OC)c2)ccc1OCc1ccccc1. The zero-order chi connectivity index (χ0) is 29.9. The second kappa shape index (κ2) is 15.2. The van der Waals surface area contributed by atoms with Gasteiger partial charge in [0.1, 0.15) is 13.2 Å². The molecule has 0 unspecified atom stereocenters. The molecule has 0 bridgehead atoms. The summed E-state index contributed by atoms with van der Waals surface area (Å²) in [5.74, 6) is 0.0281. The number of aliphatic hydroxyl groups is 4. The average molecular weight is 575 g/mol. The van der Waals surface area contributed by atoms with Crippen LogP contribution in [0, 0.1) is 11.8 Å². The summed E-state index contributed by atoms with van der Waals surface area (Å²) in [4.78, 5) is 0. The van der Waals surface area contributed by atoms with Gasteiger partial charge in [0.25, 0.3) is 0 Å². The van der Waals surface area contributed by atoms with E-state index in [0.717, 1.165) is 11.1 Å². The molecule has 0 spiro atoms. The van der Waals surface area contributed by atoms with E-state index in [-0.39, 0.29) is 0 Å². The zero-order valence-electron chi connectivity index (χ0n) is 23.8. The molecule has 222 valence electrons. The number of hydrogen-bond acceptors (Lipinski definition) is 8. The number of methoxy groups -OCH3 is 2. The second-order valence-corrected chi connectivity index (χ2v) is 9.95. The molecule has 0 saturated heterocycles. The Kier molecular flexibility index (Phi) is 11.2. The molecule has 0 amide bonds. The van der Waals surface area contributed by atoms with Crippen LogP contribution in [0.5, 0.6) is 23.0 Å². The first-order valence-corrected chi connectivity index (χ1v) is 13.8. The van der Waals surface area contributed by atoms with Crippen molar-refractivity contribution in [3.05, 3.63) is 119 Å².